The van der Waals surface area contributed by atoms with Crippen LogP contribution in [-0.4, -0.2) is 22.2 Å². The summed E-state index contributed by atoms with van der Waals surface area (Å²) in [5.74, 6) is 0. The number of rotatable bonds is 4. The van der Waals surface area contributed by atoms with Crippen LogP contribution in [0.2, 0.25) is 0 Å². The van der Waals surface area contributed by atoms with Crippen molar-refractivity contribution in [2.24, 2.45) is 0 Å². The molecule has 2 rings (SSSR count). The van der Waals surface area contributed by atoms with Crippen LogP contribution in [0.4, 0.5) is 0 Å². The van der Waals surface area contributed by atoms with Gasteiger partial charge in [-0.15, -0.1) is 0 Å². The molecule has 88 valence electrons. The second kappa shape index (κ2) is 6.54. The smallest absolute Gasteiger partial charge is 0.0933 e. The minimum Gasteiger partial charge on any atom is -0.297 e. The summed E-state index contributed by atoms with van der Waals surface area (Å²) < 4.78 is 2.31. The van der Waals surface area contributed by atoms with Crippen molar-refractivity contribution in [3.05, 3.63) is 35.9 Å². The zero-order valence-corrected chi connectivity index (χ0v) is 11.4. The van der Waals surface area contributed by atoms with Gasteiger partial charge in [-0.1, -0.05) is 30.3 Å². The normalized spacial score (nSPS) is 22.2. The van der Waals surface area contributed by atoms with Gasteiger partial charge in [0.25, 0.3) is 0 Å². The summed E-state index contributed by atoms with van der Waals surface area (Å²) in [6, 6.07) is 10.7. The Labute approximate surface area is 111 Å². The molecule has 0 radical (unpaired) electrons. The monoisotopic (exact) mass is 332 g/mol. The van der Waals surface area contributed by atoms with E-state index in [2.05, 4.69) is 43.6 Å². The first-order chi connectivity index (χ1) is 7.84. The number of hydrogen-bond donors (Lipinski definition) is 1. The fourth-order valence-corrected chi connectivity index (χ4v) is 2.66. The maximum absolute atomic E-state index is 5.53. The molecule has 0 unspecified atom stereocenters. The van der Waals surface area contributed by atoms with E-state index in [0.717, 1.165) is 6.54 Å². The van der Waals surface area contributed by atoms with Gasteiger partial charge < -0.3 is 0 Å². The molecule has 0 spiro atoms. The first-order valence-corrected chi connectivity index (χ1v) is 6.63. The molecular weight excluding hydrogens is 315 g/mol. The van der Waals surface area contributed by atoms with E-state index in [1.807, 2.05) is 18.2 Å². The molecule has 3 nitrogen and oxygen atoms in total. The molecule has 1 atom stereocenters. The van der Waals surface area contributed by atoms with Gasteiger partial charge in [-0.05, 0) is 18.4 Å². The summed E-state index contributed by atoms with van der Waals surface area (Å²) in [5.41, 5.74) is 4.36. The van der Waals surface area contributed by atoms with Crippen LogP contribution in [0.3, 0.4) is 0 Å². The number of benzene rings is 1. The number of hydroxylamine groups is 1. The molecule has 1 aromatic carbocycles. The number of piperidine rings is 1. The van der Waals surface area contributed by atoms with E-state index in [4.69, 9.17) is 4.84 Å². The molecule has 1 N–H and O–H groups in total. The first kappa shape index (κ1) is 12.3. The third kappa shape index (κ3) is 4.01. The van der Waals surface area contributed by atoms with Gasteiger partial charge in [0.2, 0.25) is 0 Å². The van der Waals surface area contributed by atoms with Crippen molar-refractivity contribution < 1.29 is 4.84 Å². The van der Waals surface area contributed by atoms with Crippen LogP contribution in [0.25, 0.3) is 0 Å². The van der Waals surface area contributed by atoms with Crippen LogP contribution in [0.1, 0.15) is 18.4 Å². The molecule has 4 heteroatoms. The maximum atomic E-state index is 5.53. The van der Waals surface area contributed by atoms with Crippen LogP contribution in [-0.2, 0) is 11.4 Å². The highest BCUT2D eigenvalue weighted by molar-refractivity contribution is 14.1. The number of nitrogens with zero attached hydrogens (tertiary/aromatic N) is 1. The van der Waals surface area contributed by atoms with E-state index in [1.54, 1.807) is 0 Å². The molecule has 0 aromatic heterocycles. The molecule has 1 aromatic rings. The maximum Gasteiger partial charge on any atom is 0.0933 e. The molecule has 1 saturated heterocycles. The molecule has 1 aliphatic rings. The third-order valence-corrected chi connectivity index (χ3v) is 3.58. The van der Waals surface area contributed by atoms with Crippen molar-refractivity contribution in [2.75, 3.05) is 13.1 Å². The molecule has 1 aliphatic heterocycles. The lowest BCUT2D eigenvalue weighted by molar-refractivity contribution is -0.00576. The average Bonchev–Trinajstić information content (AvgIpc) is 2.30. The topological polar surface area (TPSA) is 24.5 Å². The second-order valence-electron chi connectivity index (χ2n) is 4.10. The van der Waals surface area contributed by atoms with Crippen LogP contribution in [0.5, 0.6) is 0 Å². The SMILES string of the molecule is IN1CCC[C@@H](NOCc2ccccc2)C1. The van der Waals surface area contributed by atoms with Crippen molar-refractivity contribution in [3.8, 4) is 0 Å². The van der Waals surface area contributed by atoms with Crippen LogP contribution >= 0.6 is 22.9 Å². The zero-order valence-electron chi connectivity index (χ0n) is 9.23. The Hall–Kier alpha value is -0.170. The van der Waals surface area contributed by atoms with Gasteiger partial charge in [0.1, 0.15) is 0 Å². The van der Waals surface area contributed by atoms with Gasteiger partial charge >= 0.3 is 0 Å². The van der Waals surface area contributed by atoms with E-state index in [0.29, 0.717) is 12.6 Å². The molecule has 0 bridgehead atoms. The molecule has 0 aliphatic carbocycles. The largest absolute Gasteiger partial charge is 0.297 e. The van der Waals surface area contributed by atoms with Gasteiger partial charge in [-0.2, -0.15) is 5.48 Å². The summed E-state index contributed by atoms with van der Waals surface area (Å²) in [6.07, 6.45) is 2.45. The van der Waals surface area contributed by atoms with Crippen molar-refractivity contribution >= 4 is 22.9 Å². The Morgan fingerprint density at radius 1 is 1.38 bits per heavy atom. The molecule has 0 saturated carbocycles. The lowest BCUT2D eigenvalue weighted by Crippen LogP contribution is -2.41. The minimum atomic E-state index is 0.467. The van der Waals surface area contributed by atoms with Crippen LogP contribution < -0.4 is 5.48 Å². The Kier molecular flexibility index (Phi) is 5.02. The summed E-state index contributed by atoms with van der Waals surface area (Å²) >= 11 is 2.37. The molecule has 1 fully saturated rings. The quantitative estimate of drug-likeness (QED) is 0.521. The fraction of sp³-hybridized carbons (Fsp3) is 0.500. The van der Waals surface area contributed by atoms with E-state index >= 15 is 0 Å². The minimum absolute atomic E-state index is 0.467. The number of nitrogens with one attached hydrogen (secondary N) is 1. The lowest BCUT2D eigenvalue weighted by Gasteiger charge is -2.28. The predicted octanol–water partition coefficient (Wildman–Crippen LogP) is 2.52. The van der Waals surface area contributed by atoms with Gasteiger partial charge in [-0.25, -0.2) is 3.11 Å². The lowest BCUT2D eigenvalue weighted by atomic mass is 10.1. The average molecular weight is 332 g/mol. The Bertz CT molecular complexity index is 307. The van der Waals surface area contributed by atoms with Crippen molar-refractivity contribution in [1.82, 2.24) is 8.59 Å². The highest BCUT2D eigenvalue weighted by Gasteiger charge is 2.17. The Morgan fingerprint density at radius 2 is 2.19 bits per heavy atom. The predicted molar refractivity (Wildman–Crippen MR) is 73.0 cm³/mol. The second-order valence-corrected chi connectivity index (χ2v) is 5.46. The molecule has 0 amide bonds. The Morgan fingerprint density at radius 3 is 2.94 bits per heavy atom. The van der Waals surface area contributed by atoms with Gasteiger partial charge in [0, 0.05) is 42.0 Å². The highest BCUT2D eigenvalue weighted by Crippen LogP contribution is 2.13. The highest BCUT2D eigenvalue weighted by atomic mass is 127. The zero-order chi connectivity index (χ0) is 11.2. The van der Waals surface area contributed by atoms with Crippen LogP contribution in [0.15, 0.2) is 30.3 Å². The number of halogens is 1. The summed E-state index contributed by atoms with van der Waals surface area (Å²) in [5, 5.41) is 0. The summed E-state index contributed by atoms with van der Waals surface area (Å²) in [4.78, 5) is 5.53. The van der Waals surface area contributed by atoms with Gasteiger partial charge in [0.05, 0.1) is 6.61 Å². The Balaban J connectivity index is 1.68. The van der Waals surface area contributed by atoms with Crippen LogP contribution in [0, 0.1) is 0 Å². The van der Waals surface area contributed by atoms with Gasteiger partial charge in [0.15, 0.2) is 0 Å². The van der Waals surface area contributed by atoms with E-state index < -0.39 is 0 Å². The molecule has 1 heterocycles. The first-order valence-electron chi connectivity index (χ1n) is 5.66. The van der Waals surface area contributed by atoms with Crippen molar-refractivity contribution in [3.63, 3.8) is 0 Å². The van der Waals surface area contributed by atoms with Gasteiger partial charge in [-0.3, -0.25) is 4.84 Å². The number of hydrogen-bond acceptors (Lipinski definition) is 3. The third-order valence-electron chi connectivity index (χ3n) is 2.70. The summed E-state index contributed by atoms with van der Waals surface area (Å²) in [6.45, 7) is 2.89. The standard InChI is InChI=1S/C12H17IN2O/c13-15-8-4-7-12(9-15)14-16-10-11-5-2-1-3-6-11/h1-3,5-6,12,14H,4,7-10H2/t12-/m1/s1. The summed E-state index contributed by atoms with van der Waals surface area (Å²) in [7, 11) is 0. The molecule has 16 heavy (non-hydrogen) atoms. The van der Waals surface area contributed by atoms with E-state index in [9.17, 15) is 0 Å². The van der Waals surface area contributed by atoms with Crippen molar-refractivity contribution in [1.29, 1.82) is 0 Å². The fourth-order valence-electron chi connectivity index (χ4n) is 1.84. The van der Waals surface area contributed by atoms with E-state index in [-0.39, 0.29) is 0 Å². The van der Waals surface area contributed by atoms with Crippen molar-refractivity contribution in [2.45, 2.75) is 25.5 Å². The van der Waals surface area contributed by atoms with E-state index in [1.165, 1.54) is 24.9 Å². The molecular formula is C12H17IN2O.